The molecule has 0 fully saturated rings. The van der Waals surface area contributed by atoms with E-state index in [0.717, 1.165) is 23.3 Å². The van der Waals surface area contributed by atoms with Crippen molar-refractivity contribution in [3.63, 3.8) is 0 Å². The first-order chi connectivity index (χ1) is 8.19. The summed E-state index contributed by atoms with van der Waals surface area (Å²) in [5, 5.41) is 0. The number of aryl methyl sites for hydroxylation is 1. The third-order valence-electron chi connectivity index (χ3n) is 2.91. The number of methoxy groups -OCH3 is 1. The van der Waals surface area contributed by atoms with E-state index < -0.39 is 0 Å². The molecule has 4 heteroatoms. The number of para-hydroxylation sites is 2. The fourth-order valence-corrected chi connectivity index (χ4v) is 2.05. The molecule has 1 atom stereocenters. The van der Waals surface area contributed by atoms with Gasteiger partial charge in [-0.1, -0.05) is 19.1 Å². The van der Waals surface area contributed by atoms with E-state index >= 15 is 0 Å². The van der Waals surface area contributed by atoms with E-state index in [9.17, 15) is 4.79 Å². The quantitative estimate of drug-likeness (QED) is 0.763. The summed E-state index contributed by atoms with van der Waals surface area (Å²) in [5.41, 5.74) is 1.89. The first-order valence-corrected chi connectivity index (χ1v) is 5.72. The zero-order valence-electron chi connectivity index (χ0n) is 10.3. The molecule has 0 bridgehead atoms. The molecule has 0 aliphatic rings. The minimum Gasteiger partial charge on any atom is -0.467 e. The van der Waals surface area contributed by atoms with Crippen molar-refractivity contribution in [3.05, 3.63) is 30.1 Å². The van der Waals surface area contributed by atoms with E-state index in [2.05, 4.69) is 4.98 Å². The number of benzene rings is 1. The molecule has 0 aliphatic heterocycles. The number of rotatable bonds is 3. The summed E-state index contributed by atoms with van der Waals surface area (Å²) < 4.78 is 6.74. The average Bonchev–Trinajstić information content (AvgIpc) is 2.75. The third kappa shape index (κ3) is 1.90. The molecule has 0 amide bonds. The lowest BCUT2D eigenvalue weighted by atomic mass is 10.2. The molecule has 1 heterocycles. The number of carbonyl (C=O) groups is 1. The molecule has 1 aromatic heterocycles. The second kappa shape index (κ2) is 4.57. The van der Waals surface area contributed by atoms with Crippen LogP contribution >= 0.6 is 0 Å². The second-order valence-corrected chi connectivity index (χ2v) is 3.94. The largest absolute Gasteiger partial charge is 0.467 e. The Kier molecular flexibility index (Phi) is 3.13. The molecular weight excluding hydrogens is 216 g/mol. The molecule has 0 unspecified atom stereocenters. The van der Waals surface area contributed by atoms with Gasteiger partial charge in [-0.3, -0.25) is 0 Å². The van der Waals surface area contributed by atoms with Crippen LogP contribution < -0.4 is 0 Å². The summed E-state index contributed by atoms with van der Waals surface area (Å²) in [6.45, 7) is 3.86. The Bertz CT molecular complexity index is 545. The van der Waals surface area contributed by atoms with Crippen molar-refractivity contribution in [2.45, 2.75) is 26.3 Å². The summed E-state index contributed by atoms with van der Waals surface area (Å²) in [4.78, 5) is 16.2. The number of hydrogen-bond donors (Lipinski definition) is 0. The second-order valence-electron chi connectivity index (χ2n) is 3.94. The Morgan fingerprint density at radius 2 is 2.18 bits per heavy atom. The predicted octanol–water partition coefficient (Wildman–Crippen LogP) is 2.33. The van der Waals surface area contributed by atoms with Crippen LogP contribution in [0, 0.1) is 0 Å². The molecule has 0 saturated heterocycles. The molecule has 0 aliphatic carbocycles. The van der Waals surface area contributed by atoms with Crippen LogP contribution in [-0.2, 0) is 16.0 Å². The molecule has 0 radical (unpaired) electrons. The van der Waals surface area contributed by atoms with Crippen molar-refractivity contribution in [1.82, 2.24) is 9.55 Å². The number of aromatic nitrogens is 2. The number of ether oxygens (including phenoxy) is 1. The van der Waals surface area contributed by atoms with Gasteiger partial charge in [0.15, 0.2) is 0 Å². The fourth-order valence-electron chi connectivity index (χ4n) is 2.05. The molecule has 2 aromatic rings. The summed E-state index contributed by atoms with van der Waals surface area (Å²) >= 11 is 0. The van der Waals surface area contributed by atoms with Crippen LogP contribution in [0.5, 0.6) is 0 Å². The van der Waals surface area contributed by atoms with Crippen LogP contribution in [0.1, 0.15) is 25.7 Å². The van der Waals surface area contributed by atoms with E-state index in [-0.39, 0.29) is 12.0 Å². The van der Waals surface area contributed by atoms with Crippen molar-refractivity contribution >= 4 is 17.0 Å². The van der Waals surface area contributed by atoms with Gasteiger partial charge in [0.25, 0.3) is 0 Å². The van der Waals surface area contributed by atoms with Crippen LogP contribution in [0.25, 0.3) is 11.0 Å². The smallest absolute Gasteiger partial charge is 0.328 e. The van der Waals surface area contributed by atoms with Crippen molar-refractivity contribution < 1.29 is 9.53 Å². The van der Waals surface area contributed by atoms with Gasteiger partial charge in [0.1, 0.15) is 11.9 Å². The Hall–Kier alpha value is -1.84. The van der Waals surface area contributed by atoms with E-state index in [1.165, 1.54) is 7.11 Å². The van der Waals surface area contributed by atoms with Gasteiger partial charge >= 0.3 is 5.97 Å². The highest BCUT2D eigenvalue weighted by Gasteiger charge is 2.20. The van der Waals surface area contributed by atoms with Crippen molar-refractivity contribution in [2.75, 3.05) is 7.11 Å². The van der Waals surface area contributed by atoms with Crippen LogP contribution in [0.3, 0.4) is 0 Å². The zero-order chi connectivity index (χ0) is 12.4. The highest BCUT2D eigenvalue weighted by atomic mass is 16.5. The van der Waals surface area contributed by atoms with E-state index in [0.29, 0.717) is 0 Å². The molecule has 0 saturated carbocycles. The topological polar surface area (TPSA) is 44.1 Å². The number of carbonyl (C=O) groups excluding carboxylic acids is 1. The summed E-state index contributed by atoms with van der Waals surface area (Å²) in [7, 11) is 1.41. The number of hydrogen-bond acceptors (Lipinski definition) is 3. The summed E-state index contributed by atoms with van der Waals surface area (Å²) in [6.07, 6.45) is 0.788. The molecule has 17 heavy (non-hydrogen) atoms. The number of esters is 1. The van der Waals surface area contributed by atoms with Crippen molar-refractivity contribution in [1.29, 1.82) is 0 Å². The third-order valence-corrected chi connectivity index (χ3v) is 2.91. The minimum atomic E-state index is -0.345. The molecule has 1 aromatic carbocycles. The van der Waals surface area contributed by atoms with Gasteiger partial charge in [-0.15, -0.1) is 0 Å². The summed E-state index contributed by atoms with van der Waals surface area (Å²) in [6, 6.07) is 7.48. The maximum Gasteiger partial charge on any atom is 0.328 e. The highest BCUT2D eigenvalue weighted by Crippen LogP contribution is 2.22. The van der Waals surface area contributed by atoms with Gasteiger partial charge in [0, 0.05) is 6.42 Å². The molecule has 2 rings (SSSR count). The Balaban J connectivity index is 2.61. The van der Waals surface area contributed by atoms with Gasteiger partial charge in [0.2, 0.25) is 0 Å². The van der Waals surface area contributed by atoms with Gasteiger partial charge in [-0.25, -0.2) is 9.78 Å². The maximum absolute atomic E-state index is 11.7. The first kappa shape index (κ1) is 11.6. The number of fused-ring (bicyclic) bond motifs is 1. The summed E-state index contributed by atoms with van der Waals surface area (Å²) in [5.74, 6) is 0.659. The Labute approximate surface area is 100 Å². The highest BCUT2D eigenvalue weighted by molar-refractivity contribution is 5.81. The maximum atomic E-state index is 11.7. The SMILES string of the molecule is CCc1nc2ccccc2n1[C@H](C)C(=O)OC. The number of imidazole rings is 1. The van der Waals surface area contributed by atoms with Crippen LogP contribution in [0.4, 0.5) is 0 Å². The lowest BCUT2D eigenvalue weighted by Gasteiger charge is -2.14. The zero-order valence-corrected chi connectivity index (χ0v) is 10.3. The Morgan fingerprint density at radius 3 is 2.82 bits per heavy atom. The van der Waals surface area contributed by atoms with Crippen LogP contribution in [0.2, 0.25) is 0 Å². The molecule has 0 N–H and O–H groups in total. The monoisotopic (exact) mass is 232 g/mol. The van der Waals surface area contributed by atoms with Gasteiger partial charge in [-0.05, 0) is 19.1 Å². The lowest BCUT2D eigenvalue weighted by Crippen LogP contribution is -2.19. The van der Waals surface area contributed by atoms with Gasteiger partial charge < -0.3 is 9.30 Å². The van der Waals surface area contributed by atoms with Crippen LogP contribution in [0.15, 0.2) is 24.3 Å². The van der Waals surface area contributed by atoms with E-state index in [1.807, 2.05) is 42.7 Å². The van der Waals surface area contributed by atoms with E-state index in [4.69, 9.17) is 4.74 Å². The lowest BCUT2D eigenvalue weighted by molar-refractivity contribution is -0.143. The van der Waals surface area contributed by atoms with Gasteiger partial charge in [-0.2, -0.15) is 0 Å². The molecular formula is C13H16N2O2. The molecule has 90 valence electrons. The first-order valence-electron chi connectivity index (χ1n) is 5.72. The Morgan fingerprint density at radius 1 is 1.47 bits per heavy atom. The number of nitrogens with zero attached hydrogens (tertiary/aromatic N) is 2. The normalized spacial score (nSPS) is 12.6. The van der Waals surface area contributed by atoms with E-state index in [1.54, 1.807) is 0 Å². The van der Waals surface area contributed by atoms with Crippen molar-refractivity contribution in [2.24, 2.45) is 0 Å². The average molecular weight is 232 g/mol. The van der Waals surface area contributed by atoms with Crippen molar-refractivity contribution in [3.8, 4) is 0 Å². The van der Waals surface area contributed by atoms with Gasteiger partial charge in [0.05, 0.1) is 18.1 Å². The molecule has 4 nitrogen and oxygen atoms in total. The minimum absolute atomic E-state index is 0.247. The fraction of sp³-hybridized carbons (Fsp3) is 0.385. The molecule has 0 spiro atoms. The predicted molar refractivity (Wildman–Crippen MR) is 65.8 cm³/mol. The standard InChI is InChI=1S/C13H16N2O2/c1-4-12-14-10-7-5-6-8-11(10)15(12)9(2)13(16)17-3/h5-9H,4H2,1-3H3/t9-/m1/s1. The van der Waals surface area contributed by atoms with Crippen LogP contribution in [-0.4, -0.2) is 22.6 Å².